The molecule has 0 unspecified atom stereocenters. The molecule has 3 aliphatic carbocycles. The molecule has 13 rings (SSSR count). The second-order valence-corrected chi connectivity index (χ2v) is 18.8. The van der Waals surface area contributed by atoms with Gasteiger partial charge in [-0.2, -0.15) is 0 Å². The summed E-state index contributed by atoms with van der Waals surface area (Å²) in [5.41, 5.74) is 20.9. The van der Waals surface area contributed by atoms with Crippen LogP contribution in [0.25, 0.3) is 60.6 Å². The molecule has 64 heavy (non-hydrogen) atoms. The number of rotatable bonds is 6. The fraction of sp³-hybridized carbons (Fsp3) is 0.133. The first-order chi connectivity index (χ1) is 31.3. The highest BCUT2D eigenvalue weighted by Gasteiger charge is 2.39. The standard InChI is InChI=1S/C60H46N2O2/c1-59(2)47-22-9-5-18-41(47)43-32-30-39(35-49(43)59)61(51-24-14-28-55-57(51)45-20-7-11-26-53(45)63-55)37-16-13-17-38(34-37)62(52-25-15-29-56-58(52)46-21-8-12-27-54(46)64-56)40-31-33-44-42-19-6-10-23-48(42)60(3,4)50(44)36-40/h5-30,32,34-36H,31,33H2,1-4H3. The van der Waals surface area contributed by atoms with Gasteiger partial charge in [0.2, 0.25) is 0 Å². The van der Waals surface area contributed by atoms with Gasteiger partial charge in [0.15, 0.2) is 0 Å². The van der Waals surface area contributed by atoms with Crippen LogP contribution in [0.1, 0.15) is 62.8 Å². The Morgan fingerprint density at radius 1 is 0.406 bits per heavy atom. The molecule has 0 saturated carbocycles. The third-order valence-electron chi connectivity index (χ3n) is 14.6. The number of furan rings is 2. The molecule has 0 atom stereocenters. The molecule has 4 nitrogen and oxygen atoms in total. The third-order valence-corrected chi connectivity index (χ3v) is 14.6. The molecule has 2 aromatic heterocycles. The Morgan fingerprint density at radius 2 is 0.922 bits per heavy atom. The van der Waals surface area contributed by atoms with Gasteiger partial charge in [-0.25, -0.2) is 0 Å². The highest BCUT2D eigenvalue weighted by molar-refractivity contribution is 6.14. The molecule has 10 aromatic rings. The van der Waals surface area contributed by atoms with E-state index in [1.54, 1.807) is 0 Å². The van der Waals surface area contributed by atoms with E-state index >= 15 is 0 Å². The molecule has 0 fully saturated rings. The van der Waals surface area contributed by atoms with E-state index < -0.39 is 0 Å². The maximum absolute atomic E-state index is 6.56. The van der Waals surface area contributed by atoms with Gasteiger partial charge in [0.05, 0.1) is 22.1 Å². The van der Waals surface area contributed by atoms with Gasteiger partial charge in [0.1, 0.15) is 22.3 Å². The smallest absolute Gasteiger partial charge is 0.137 e. The molecular formula is C60H46N2O2. The van der Waals surface area contributed by atoms with Crippen LogP contribution in [-0.4, -0.2) is 0 Å². The Hall–Kier alpha value is -7.56. The monoisotopic (exact) mass is 826 g/mol. The topological polar surface area (TPSA) is 32.8 Å². The second-order valence-electron chi connectivity index (χ2n) is 18.8. The summed E-state index contributed by atoms with van der Waals surface area (Å²) in [6.07, 6.45) is 4.36. The number of hydrogen-bond acceptors (Lipinski definition) is 4. The fourth-order valence-corrected chi connectivity index (χ4v) is 11.5. The lowest BCUT2D eigenvalue weighted by atomic mass is 9.79. The van der Waals surface area contributed by atoms with Crippen LogP contribution < -0.4 is 9.80 Å². The highest BCUT2D eigenvalue weighted by Crippen LogP contribution is 2.55. The molecule has 0 radical (unpaired) electrons. The molecule has 0 N–H and O–H groups in total. The molecule has 8 aromatic carbocycles. The Balaban J connectivity index is 1.05. The minimum Gasteiger partial charge on any atom is -0.456 e. The van der Waals surface area contributed by atoms with Crippen molar-refractivity contribution in [2.75, 3.05) is 9.80 Å². The van der Waals surface area contributed by atoms with E-state index in [9.17, 15) is 0 Å². The van der Waals surface area contributed by atoms with Crippen molar-refractivity contribution < 1.29 is 8.83 Å². The van der Waals surface area contributed by atoms with Gasteiger partial charge in [0.25, 0.3) is 0 Å². The predicted molar refractivity (Wildman–Crippen MR) is 266 cm³/mol. The average Bonchev–Trinajstić information content (AvgIpc) is 4.03. The zero-order chi connectivity index (χ0) is 42.9. The Labute approximate surface area is 373 Å². The maximum Gasteiger partial charge on any atom is 0.137 e. The average molecular weight is 827 g/mol. The number of para-hydroxylation sites is 2. The fourth-order valence-electron chi connectivity index (χ4n) is 11.5. The van der Waals surface area contributed by atoms with Crippen molar-refractivity contribution in [3.63, 3.8) is 0 Å². The third kappa shape index (κ3) is 5.23. The van der Waals surface area contributed by atoms with E-state index in [-0.39, 0.29) is 10.8 Å². The van der Waals surface area contributed by atoms with Crippen LogP contribution in [0.5, 0.6) is 0 Å². The predicted octanol–water partition coefficient (Wildman–Crippen LogP) is 16.8. The van der Waals surface area contributed by atoms with Gasteiger partial charge < -0.3 is 18.6 Å². The largest absolute Gasteiger partial charge is 0.456 e. The molecule has 3 aliphatic rings. The second kappa shape index (κ2) is 13.5. The SMILES string of the molecule is CC1(C)C2=C(CCC(N(c3cccc(N(c4ccc5c(c4)C(C)(C)c4ccccc4-5)c4cccc5oc6ccccc6c45)c3)c3cccc4oc5ccccc5c34)=C2)c2ccccc21. The summed E-state index contributed by atoms with van der Waals surface area (Å²) in [7, 11) is 0. The minimum atomic E-state index is -0.165. The number of anilines is 5. The molecule has 0 bridgehead atoms. The Bertz CT molecular complexity index is 3650. The highest BCUT2D eigenvalue weighted by atomic mass is 16.3. The van der Waals surface area contributed by atoms with Crippen molar-refractivity contribution >= 4 is 77.9 Å². The van der Waals surface area contributed by atoms with Gasteiger partial charge >= 0.3 is 0 Å². The normalized spacial score (nSPS) is 15.7. The van der Waals surface area contributed by atoms with Crippen LogP contribution in [0.15, 0.2) is 202 Å². The number of nitrogens with zero attached hydrogens (tertiary/aromatic N) is 2. The van der Waals surface area contributed by atoms with Crippen molar-refractivity contribution in [3.05, 3.63) is 216 Å². The molecule has 308 valence electrons. The van der Waals surface area contributed by atoms with E-state index in [0.717, 1.165) is 85.2 Å². The van der Waals surface area contributed by atoms with Crippen molar-refractivity contribution in [1.82, 2.24) is 0 Å². The van der Waals surface area contributed by atoms with Gasteiger partial charge in [-0.15, -0.1) is 0 Å². The van der Waals surface area contributed by atoms with E-state index in [2.05, 4.69) is 219 Å². The zero-order valence-corrected chi connectivity index (χ0v) is 36.4. The van der Waals surface area contributed by atoms with Crippen LogP contribution >= 0.6 is 0 Å². The lowest BCUT2D eigenvalue weighted by Gasteiger charge is -2.34. The van der Waals surface area contributed by atoms with Gasteiger partial charge in [-0.05, 0) is 130 Å². The molecule has 2 heterocycles. The number of allylic oxidation sites excluding steroid dienone is 4. The van der Waals surface area contributed by atoms with Gasteiger partial charge in [0, 0.05) is 44.4 Å². The summed E-state index contributed by atoms with van der Waals surface area (Å²) < 4.78 is 13.1. The van der Waals surface area contributed by atoms with Crippen LogP contribution in [-0.2, 0) is 10.8 Å². The maximum atomic E-state index is 6.56. The molecule has 0 spiro atoms. The lowest BCUT2D eigenvalue weighted by molar-refractivity contribution is 0.648. The van der Waals surface area contributed by atoms with Crippen molar-refractivity contribution in [2.45, 2.75) is 51.4 Å². The van der Waals surface area contributed by atoms with Gasteiger partial charge in [-0.1, -0.05) is 137 Å². The van der Waals surface area contributed by atoms with E-state index in [1.165, 1.54) is 50.2 Å². The van der Waals surface area contributed by atoms with Crippen LogP contribution in [0.3, 0.4) is 0 Å². The summed E-state index contributed by atoms with van der Waals surface area (Å²) in [6, 6.07) is 63.9. The van der Waals surface area contributed by atoms with Crippen LogP contribution in [0.4, 0.5) is 28.4 Å². The van der Waals surface area contributed by atoms with E-state index in [0.29, 0.717) is 0 Å². The summed E-state index contributed by atoms with van der Waals surface area (Å²) in [6.45, 7) is 9.49. The van der Waals surface area contributed by atoms with Crippen molar-refractivity contribution in [2.24, 2.45) is 0 Å². The molecular weight excluding hydrogens is 781 g/mol. The minimum absolute atomic E-state index is 0.122. The number of benzene rings is 8. The van der Waals surface area contributed by atoms with Gasteiger partial charge in [-0.3, -0.25) is 0 Å². The first-order valence-corrected chi connectivity index (χ1v) is 22.5. The molecule has 0 amide bonds. The summed E-state index contributed by atoms with van der Waals surface area (Å²) >= 11 is 0. The first-order valence-electron chi connectivity index (χ1n) is 22.5. The van der Waals surface area contributed by atoms with Crippen molar-refractivity contribution in [3.8, 4) is 11.1 Å². The first kappa shape index (κ1) is 37.0. The summed E-state index contributed by atoms with van der Waals surface area (Å²) in [5, 5.41) is 4.42. The van der Waals surface area contributed by atoms with E-state index in [4.69, 9.17) is 8.83 Å². The molecule has 0 saturated heterocycles. The quantitative estimate of drug-likeness (QED) is 0.167. The number of fused-ring (bicyclic) bond motifs is 11. The Morgan fingerprint density at radius 3 is 1.61 bits per heavy atom. The number of hydrogen-bond donors (Lipinski definition) is 0. The summed E-state index contributed by atoms with van der Waals surface area (Å²) in [4.78, 5) is 4.97. The Kier molecular flexibility index (Phi) is 7.80. The van der Waals surface area contributed by atoms with E-state index in [1.807, 2.05) is 0 Å². The molecule has 0 aliphatic heterocycles. The van der Waals surface area contributed by atoms with Crippen LogP contribution in [0, 0.1) is 0 Å². The zero-order valence-electron chi connectivity index (χ0n) is 36.4. The lowest BCUT2D eigenvalue weighted by Crippen LogP contribution is -2.22. The molecule has 4 heteroatoms. The van der Waals surface area contributed by atoms with Crippen LogP contribution in [0.2, 0.25) is 0 Å². The summed E-state index contributed by atoms with van der Waals surface area (Å²) in [5.74, 6) is 0. The van der Waals surface area contributed by atoms with Crippen molar-refractivity contribution in [1.29, 1.82) is 0 Å².